The molecule has 0 saturated heterocycles. The highest BCUT2D eigenvalue weighted by molar-refractivity contribution is 7.89. The van der Waals surface area contributed by atoms with E-state index in [-0.39, 0.29) is 10.2 Å². The molecule has 0 radical (unpaired) electrons. The SMILES string of the molecule is O=S(=O)(c1ccccc1)N1CCN=C1Cl. The number of aliphatic imine (C=N–C) groups is 1. The lowest BCUT2D eigenvalue weighted by atomic mass is 10.4. The van der Waals surface area contributed by atoms with Crippen LogP contribution < -0.4 is 0 Å². The van der Waals surface area contributed by atoms with Crippen molar-refractivity contribution < 1.29 is 8.42 Å². The molecule has 1 aliphatic rings. The van der Waals surface area contributed by atoms with Gasteiger partial charge in [0.2, 0.25) is 5.29 Å². The van der Waals surface area contributed by atoms with Gasteiger partial charge in [0.25, 0.3) is 10.0 Å². The van der Waals surface area contributed by atoms with E-state index in [1.165, 1.54) is 12.1 Å². The summed E-state index contributed by atoms with van der Waals surface area (Å²) in [6.45, 7) is 0.737. The van der Waals surface area contributed by atoms with Crippen LogP contribution in [-0.2, 0) is 10.0 Å². The third-order valence-electron chi connectivity index (χ3n) is 2.08. The first-order chi connectivity index (χ1) is 7.12. The zero-order valence-corrected chi connectivity index (χ0v) is 9.37. The fourth-order valence-electron chi connectivity index (χ4n) is 1.34. The molecular weight excluding hydrogens is 236 g/mol. The second-order valence-corrected chi connectivity index (χ2v) is 5.24. The first-order valence-electron chi connectivity index (χ1n) is 4.40. The lowest BCUT2D eigenvalue weighted by Crippen LogP contribution is -2.31. The minimum Gasteiger partial charge on any atom is -0.255 e. The minimum atomic E-state index is -3.52. The summed E-state index contributed by atoms with van der Waals surface area (Å²) in [5.74, 6) is 0. The van der Waals surface area contributed by atoms with Crippen LogP contribution in [0.1, 0.15) is 0 Å². The zero-order chi connectivity index (χ0) is 10.9. The number of halogens is 1. The topological polar surface area (TPSA) is 49.7 Å². The fourth-order valence-corrected chi connectivity index (χ4v) is 3.12. The molecule has 1 aliphatic heterocycles. The van der Waals surface area contributed by atoms with E-state index in [0.717, 1.165) is 4.31 Å². The Morgan fingerprint density at radius 3 is 2.47 bits per heavy atom. The zero-order valence-electron chi connectivity index (χ0n) is 7.80. The molecule has 2 rings (SSSR count). The predicted molar refractivity (Wildman–Crippen MR) is 58.5 cm³/mol. The van der Waals surface area contributed by atoms with Crippen LogP contribution in [-0.4, -0.2) is 31.1 Å². The van der Waals surface area contributed by atoms with Crippen molar-refractivity contribution in [1.29, 1.82) is 0 Å². The molecule has 0 amide bonds. The smallest absolute Gasteiger partial charge is 0.255 e. The number of amidine groups is 1. The number of hydrogen-bond acceptors (Lipinski definition) is 3. The van der Waals surface area contributed by atoms with Crippen LogP contribution in [0.25, 0.3) is 0 Å². The van der Waals surface area contributed by atoms with Gasteiger partial charge in [-0.3, -0.25) is 4.99 Å². The van der Waals surface area contributed by atoms with Gasteiger partial charge in [0, 0.05) is 0 Å². The average molecular weight is 245 g/mol. The van der Waals surface area contributed by atoms with Gasteiger partial charge in [0.05, 0.1) is 18.0 Å². The van der Waals surface area contributed by atoms with Gasteiger partial charge in [-0.25, -0.2) is 12.7 Å². The van der Waals surface area contributed by atoms with Crippen molar-refractivity contribution in [2.45, 2.75) is 4.90 Å². The van der Waals surface area contributed by atoms with Crippen molar-refractivity contribution in [1.82, 2.24) is 4.31 Å². The summed E-state index contributed by atoms with van der Waals surface area (Å²) in [6, 6.07) is 8.19. The van der Waals surface area contributed by atoms with Crippen molar-refractivity contribution in [2.24, 2.45) is 4.99 Å². The monoisotopic (exact) mass is 244 g/mol. The highest BCUT2D eigenvalue weighted by Gasteiger charge is 2.29. The molecule has 0 atom stereocenters. The lowest BCUT2D eigenvalue weighted by molar-refractivity contribution is 0.540. The molecule has 1 aromatic carbocycles. The minimum absolute atomic E-state index is 0.0406. The summed E-state index contributed by atoms with van der Waals surface area (Å²) >= 11 is 5.71. The maximum Gasteiger partial charge on any atom is 0.266 e. The molecule has 80 valence electrons. The third kappa shape index (κ3) is 1.85. The van der Waals surface area contributed by atoms with Gasteiger partial charge in [0.1, 0.15) is 0 Å². The lowest BCUT2D eigenvalue weighted by Gasteiger charge is -2.16. The summed E-state index contributed by atoms with van der Waals surface area (Å²) in [6.07, 6.45) is 0. The van der Waals surface area contributed by atoms with E-state index in [1.807, 2.05) is 0 Å². The standard InChI is InChI=1S/C9H9ClN2O2S/c10-9-11-6-7-12(9)15(13,14)8-4-2-1-3-5-8/h1-5H,6-7H2. The molecule has 0 unspecified atom stereocenters. The first kappa shape index (κ1) is 10.4. The summed E-state index contributed by atoms with van der Waals surface area (Å²) in [4.78, 5) is 4.07. The quantitative estimate of drug-likeness (QED) is 0.736. The molecular formula is C9H9ClN2O2S. The molecule has 0 aromatic heterocycles. The molecule has 0 aliphatic carbocycles. The molecule has 6 heteroatoms. The van der Waals surface area contributed by atoms with Crippen LogP contribution in [0, 0.1) is 0 Å². The van der Waals surface area contributed by atoms with Crippen LogP contribution in [0.2, 0.25) is 0 Å². The van der Waals surface area contributed by atoms with E-state index in [4.69, 9.17) is 11.6 Å². The average Bonchev–Trinajstić information content (AvgIpc) is 2.66. The molecule has 4 nitrogen and oxygen atoms in total. The first-order valence-corrected chi connectivity index (χ1v) is 6.22. The number of benzene rings is 1. The Hall–Kier alpha value is -1.07. The maximum atomic E-state index is 12.0. The Labute approximate surface area is 93.2 Å². The highest BCUT2D eigenvalue weighted by Crippen LogP contribution is 2.19. The van der Waals surface area contributed by atoms with E-state index >= 15 is 0 Å². The molecule has 0 N–H and O–H groups in total. The van der Waals surface area contributed by atoms with Gasteiger partial charge in [-0.2, -0.15) is 0 Å². The van der Waals surface area contributed by atoms with E-state index < -0.39 is 10.0 Å². The van der Waals surface area contributed by atoms with Gasteiger partial charge < -0.3 is 0 Å². The van der Waals surface area contributed by atoms with Crippen LogP contribution in [0.15, 0.2) is 40.2 Å². The van der Waals surface area contributed by atoms with E-state index in [1.54, 1.807) is 18.2 Å². The number of rotatable bonds is 2. The van der Waals surface area contributed by atoms with Crippen molar-refractivity contribution in [3.05, 3.63) is 30.3 Å². The summed E-state index contributed by atoms with van der Waals surface area (Å²) in [7, 11) is -3.52. The largest absolute Gasteiger partial charge is 0.266 e. The van der Waals surface area contributed by atoms with Crippen LogP contribution >= 0.6 is 11.6 Å². The molecule has 0 fully saturated rings. The van der Waals surface area contributed by atoms with Crippen molar-refractivity contribution in [3.63, 3.8) is 0 Å². The Kier molecular flexibility index (Phi) is 2.67. The van der Waals surface area contributed by atoms with Gasteiger partial charge >= 0.3 is 0 Å². The maximum absolute atomic E-state index is 12.0. The Bertz CT molecular complexity index is 484. The number of sulfonamides is 1. The Morgan fingerprint density at radius 2 is 1.93 bits per heavy atom. The second kappa shape index (κ2) is 3.83. The second-order valence-electron chi connectivity index (χ2n) is 3.04. The van der Waals surface area contributed by atoms with E-state index in [2.05, 4.69) is 4.99 Å². The normalized spacial score (nSPS) is 16.6. The number of nitrogens with zero attached hydrogens (tertiary/aromatic N) is 2. The van der Waals surface area contributed by atoms with Crippen molar-refractivity contribution >= 4 is 26.9 Å². The van der Waals surface area contributed by atoms with E-state index in [0.29, 0.717) is 13.1 Å². The Balaban J connectivity index is 2.41. The molecule has 0 bridgehead atoms. The molecule has 0 saturated carbocycles. The van der Waals surface area contributed by atoms with E-state index in [9.17, 15) is 8.42 Å². The van der Waals surface area contributed by atoms with Crippen molar-refractivity contribution in [3.8, 4) is 0 Å². The van der Waals surface area contributed by atoms with Gasteiger partial charge in [-0.15, -0.1) is 0 Å². The molecule has 1 aromatic rings. The summed E-state index contributed by atoms with van der Waals surface area (Å²) in [5, 5.41) is 0.0406. The number of hydrogen-bond donors (Lipinski definition) is 0. The summed E-state index contributed by atoms with van der Waals surface area (Å²) in [5.41, 5.74) is 0. The third-order valence-corrected chi connectivity index (χ3v) is 4.31. The predicted octanol–water partition coefficient (Wildman–Crippen LogP) is 1.29. The van der Waals surface area contributed by atoms with Crippen LogP contribution in [0.3, 0.4) is 0 Å². The van der Waals surface area contributed by atoms with Gasteiger partial charge in [0.15, 0.2) is 0 Å². The van der Waals surface area contributed by atoms with Gasteiger partial charge in [-0.05, 0) is 23.7 Å². The summed E-state index contributed by atoms with van der Waals surface area (Å²) < 4.78 is 25.1. The highest BCUT2D eigenvalue weighted by atomic mass is 35.5. The molecule has 0 spiro atoms. The van der Waals surface area contributed by atoms with Crippen LogP contribution in [0.5, 0.6) is 0 Å². The van der Waals surface area contributed by atoms with Gasteiger partial charge in [-0.1, -0.05) is 18.2 Å². The van der Waals surface area contributed by atoms with Crippen molar-refractivity contribution in [2.75, 3.05) is 13.1 Å². The molecule has 15 heavy (non-hydrogen) atoms. The van der Waals surface area contributed by atoms with Crippen LogP contribution in [0.4, 0.5) is 0 Å². The molecule has 1 heterocycles. The Morgan fingerprint density at radius 1 is 1.27 bits per heavy atom. The fraction of sp³-hybridized carbons (Fsp3) is 0.222.